The molecule has 0 bridgehead atoms. The van der Waals surface area contributed by atoms with Gasteiger partial charge in [0.25, 0.3) is 0 Å². The number of piperidine rings is 1. The molecule has 1 N–H and O–H groups in total. The number of para-hydroxylation sites is 2. The molecule has 3 heterocycles. The van der Waals surface area contributed by atoms with Crippen LogP contribution in [0.15, 0.2) is 47.4 Å². The molecule has 182 valence electrons. The van der Waals surface area contributed by atoms with Crippen molar-refractivity contribution in [3.63, 3.8) is 0 Å². The molecule has 0 radical (unpaired) electrons. The molecule has 0 spiro atoms. The van der Waals surface area contributed by atoms with Gasteiger partial charge in [-0.25, -0.2) is 8.42 Å². The molecule has 10 heteroatoms. The standard InChI is InChI=1S/C24H28N2O7S/c27-24(25-15-18-16-32-20-4-1-2-5-22(20)33-18)17-8-10-26(11-9-17)34(28,29)19-6-7-21-23(14-19)31-13-3-12-30-21/h1-2,4-7,14,17-18H,3,8-13,15-16H2,(H,25,27). The van der Waals surface area contributed by atoms with Crippen molar-refractivity contribution < 1.29 is 32.2 Å². The summed E-state index contributed by atoms with van der Waals surface area (Å²) in [6.45, 7) is 2.30. The Kier molecular flexibility index (Phi) is 6.51. The lowest BCUT2D eigenvalue weighted by atomic mass is 9.97. The number of nitrogens with zero attached hydrogens (tertiary/aromatic N) is 1. The zero-order chi connectivity index (χ0) is 23.5. The maximum Gasteiger partial charge on any atom is 0.243 e. The van der Waals surface area contributed by atoms with Crippen LogP contribution < -0.4 is 24.3 Å². The first-order valence-electron chi connectivity index (χ1n) is 11.6. The van der Waals surface area contributed by atoms with Crippen LogP contribution in [0.25, 0.3) is 0 Å². The van der Waals surface area contributed by atoms with Crippen LogP contribution >= 0.6 is 0 Å². The van der Waals surface area contributed by atoms with Gasteiger partial charge < -0.3 is 24.3 Å². The number of carbonyl (C=O) groups excluding carboxylic acids is 1. The highest BCUT2D eigenvalue weighted by molar-refractivity contribution is 7.89. The molecule has 2 aromatic rings. The van der Waals surface area contributed by atoms with Crippen molar-refractivity contribution in [3.8, 4) is 23.0 Å². The molecule has 3 aliphatic rings. The van der Waals surface area contributed by atoms with Gasteiger partial charge in [0, 0.05) is 31.5 Å². The van der Waals surface area contributed by atoms with E-state index in [1.165, 1.54) is 10.4 Å². The minimum absolute atomic E-state index is 0.0879. The molecule has 3 aliphatic heterocycles. The first-order valence-corrected chi connectivity index (χ1v) is 13.0. The van der Waals surface area contributed by atoms with Crippen LogP contribution in [0.1, 0.15) is 19.3 Å². The summed E-state index contributed by atoms with van der Waals surface area (Å²) in [5, 5.41) is 2.94. The fourth-order valence-electron chi connectivity index (χ4n) is 4.33. The van der Waals surface area contributed by atoms with E-state index in [-0.39, 0.29) is 35.9 Å². The van der Waals surface area contributed by atoms with Crippen molar-refractivity contribution >= 4 is 15.9 Å². The summed E-state index contributed by atoms with van der Waals surface area (Å²) < 4.78 is 50.6. The van der Waals surface area contributed by atoms with Gasteiger partial charge in [-0.1, -0.05) is 12.1 Å². The molecule has 9 nitrogen and oxygen atoms in total. The third-order valence-corrected chi connectivity index (χ3v) is 8.15. The fraction of sp³-hybridized carbons (Fsp3) is 0.458. The highest BCUT2D eigenvalue weighted by atomic mass is 32.2. The summed E-state index contributed by atoms with van der Waals surface area (Å²) in [6.07, 6.45) is 1.40. The molecule has 0 aliphatic carbocycles. The lowest BCUT2D eigenvalue weighted by Gasteiger charge is -2.31. The predicted octanol–water partition coefficient (Wildman–Crippen LogP) is 2.20. The lowest BCUT2D eigenvalue weighted by molar-refractivity contribution is -0.126. The van der Waals surface area contributed by atoms with E-state index in [4.69, 9.17) is 18.9 Å². The van der Waals surface area contributed by atoms with Crippen molar-refractivity contribution in [2.75, 3.05) is 39.5 Å². The second kappa shape index (κ2) is 9.71. The molecule has 1 saturated heterocycles. The third kappa shape index (κ3) is 4.78. The number of hydrogen-bond donors (Lipinski definition) is 1. The number of rotatable bonds is 5. The van der Waals surface area contributed by atoms with E-state index < -0.39 is 10.0 Å². The maximum absolute atomic E-state index is 13.2. The number of nitrogens with one attached hydrogen (secondary N) is 1. The molecule has 0 aromatic heterocycles. The largest absolute Gasteiger partial charge is 0.490 e. The zero-order valence-electron chi connectivity index (χ0n) is 18.8. The number of sulfonamides is 1. The van der Waals surface area contributed by atoms with E-state index in [1.54, 1.807) is 12.1 Å². The summed E-state index contributed by atoms with van der Waals surface area (Å²) >= 11 is 0. The first-order chi connectivity index (χ1) is 16.5. The Morgan fingerprint density at radius 1 is 0.941 bits per heavy atom. The van der Waals surface area contributed by atoms with Crippen LogP contribution in [-0.4, -0.2) is 64.2 Å². The van der Waals surface area contributed by atoms with E-state index in [0.717, 1.165) is 6.42 Å². The molecule has 1 amide bonds. The van der Waals surface area contributed by atoms with Crippen LogP contribution in [0.3, 0.4) is 0 Å². The van der Waals surface area contributed by atoms with Gasteiger partial charge in [0.1, 0.15) is 12.7 Å². The summed E-state index contributed by atoms with van der Waals surface area (Å²) in [7, 11) is -3.68. The monoisotopic (exact) mass is 488 g/mol. The van der Waals surface area contributed by atoms with Gasteiger partial charge in [0.05, 0.1) is 24.7 Å². The zero-order valence-corrected chi connectivity index (χ0v) is 19.6. The smallest absolute Gasteiger partial charge is 0.243 e. The summed E-state index contributed by atoms with van der Waals surface area (Å²) in [6, 6.07) is 12.2. The number of benzene rings is 2. The first kappa shape index (κ1) is 22.8. The van der Waals surface area contributed by atoms with E-state index in [0.29, 0.717) is 62.2 Å². The SMILES string of the molecule is O=C(NCC1COc2ccccc2O1)C1CCN(S(=O)(=O)c2ccc3c(c2)OCCCO3)CC1. The van der Waals surface area contributed by atoms with Crippen LogP contribution in [0, 0.1) is 5.92 Å². The number of ether oxygens (including phenoxy) is 4. The summed E-state index contributed by atoms with van der Waals surface area (Å²) in [5.74, 6) is 2.04. The molecule has 5 rings (SSSR count). The molecular formula is C24H28N2O7S. The number of fused-ring (bicyclic) bond motifs is 2. The molecule has 0 saturated carbocycles. The average Bonchev–Trinajstić information content (AvgIpc) is 3.12. The Hall–Kier alpha value is -2.98. The Morgan fingerprint density at radius 2 is 1.65 bits per heavy atom. The highest BCUT2D eigenvalue weighted by Crippen LogP contribution is 2.34. The fourth-order valence-corrected chi connectivity index (χ4v) is 5.82. The normalized spacial score (nSPS) is 20.9. The average molecular weight is 489 g/mol. The van der Waals surface area contributed by atoms with Crippen molar-refractivity contribution in [2.24, 2.45) is 5.92 Å². The van der Waals surface area contributed by atoms with E-state index in [1.807, 2.05) is 24.3 Å². The van der Waals surface area contributed by atoms with Crippen LogP contribution in [-0.2, 0) is 14.8 Å². The van der Waals surface area contributed by atoms with Crippen molar-refractivity contribution in [3.05, 3.63) is 42.5 Å². The number of carbonyl (C=O) groups is 1. The van der Waals surface area contributed by atoms with E-state index in [2.05, 4.69) is 5.32 Å². The molecular weight excluding hydrogens is 460 g/mol. The van der Waals surface area contributed by atoms with Gasteiger partial charge in [0.2, 0.25) is 15.9 Å². The van der Waals surface area contributed by atoms with Crippen LogP contribution in [0.4, 0.5) is 0 Å². The van der Waals surface area contributed by atoms with Gasteiger partial charge in [-0.05, 0) is 37.1 Å². The van der Waals surface area contributed by atoms with Crippen molar-refractivity contribution in [2.45, 2.75) is 30.3 Å². The third-order valence-electron chi connectivity index (χ3n) is 6.25. The van der Waals surface area contributed by atoms with E-state index >= 15 is 0 Å². The van der Waals surface area contributed by atoms with Gasteiger partial charge in [-0.2, -0.15) is 4.31 Å². The lowest BCUT2D eigenvalue weighted by Crippen LogP contribution is -2.46. The molecule has 2 aromatic carbocycles. The van der Waals surface area contributed by atoms with Crippen LogP contribution in [0.2, 0.25) is 0 Å². The Labute approximate surface area is 199 Å². The molecule has 1 unspecified atom stereocenters. The predicted molar refractivity (Wildman–Crippen MR) is 123 cm³/mol. The van der Waals surface area contributed by atoms with Crippen molar-refractivity contribution in [1.29, 1.82) is 0 Å². The minimum Gasteiger partial charge on any atom is -0.490 e. The Morgan fingerprint density at radius 3 is 2.44 bits per heavy atom. The molecule has 34 heavy (non-hydrogen) atoms. The second-order valence-corrected chi connectivity index (χ2v) is 10.5. The second-order valence-electron chi connectivity index (χ2n) is 8.58. The summed E-state index contributed by atoms with van der Waals surface area (Å²) in [4.78, 5) is 12.9. The maximum atomic E-state index is 13.2. The van der Waals surface area contributed by atoms with Gasteiger partial charge in [-0.15, -0.1) is 0 Å². The van der Waals surface area contributed by atoms with Gasteiger partial charge in [-0.3, -0.25) is 4.79 Å². The highest BCUT2D eigenvalue weighted by Gasteiger charge is 2.33. The van der Waals surface area contributed by atoms with Gasteiger partial charge >= 0.3 is 0 Å². The topological polar surface area (TPSA) is 103 Å². The quantitative estimate of drug-likeness (QED) is 0.688. The van der Waals surface area contributed by atoms with Crippen molar-refractivity contribution in [1.82, 2.24) is 9.62 Å². The Bertz CT molecular complexity index is 1150. The Balaban J connectivity index is 1.14. The minimum atomic E-state index is -3.68. The number of hydrogen-bond acceptors (Lipinski definition) is 7. The molecule has 1 fully saturated rings. The van der Waals surface area contributed by atoms with Crippen LogP contribution in [0.5, 0.6) is 23.0 Å². The number of amides is 1. The molecule has 1 atom stereocenters. The summed E-state index contributed by atoms with van der Waals surface area (Å²) in [5.41, 5.74) is 0. The van der Waals surface area contributed by atoms with E-state index in [9.17, 15) is 13.2 Å². The van der Waals surface area contributed by atoms with Gasteiger partial charge in [0.15, 0.2) is 23.0 Å².